The van der Waals surface area contributed by atoms with Crippen LogP contribution in [0.3, 0.4) is 0 Å². The van der Waals surface area contributed by atoms with E-state index in [0.717, 1.165) is 68.2 Å². The number of nitrogens with one attached hydrogen (secondary N) is 2. The number of carbonyl (C=O) groups is 2. The summed E-state index contributed by atoms with van der Waals surface area (Å²) < 4.78 is 38.6. The van der Waals surface area contributed by atoms with E-state index in [9.17, 15) is 27.9 Å². The summed E-state index contributed by atoms with van der Waals surface area (Å²) in [7, 11) is 0. The van der Waals surface area contributed by atoms with Crippen LogP contribution in [-0.2, 0) is 16.6 Å². The van der Waals surface area contributed by atoms with Gasteiger partial charge in [0.2, 0.25) is 5.91 Å². The van der Waals surface area contributed by atoms with Gasteiger partial charge in [-0.3, -0.25) is 14.5 Å². The number of alkyl halides is 3. The Bertz CT molecular complexity index is 1160. The zero-order chi connectivity index (χ0) is 26.9. The van der Waals surface area contributed by atoms with Gasteiger partial charge < -0.3 is 15.7 Å². The minimum atomic E-state index is -4.55. The first-order chi connectivity index (χ1) is 18.1. The van der Waals surface area contributed by atoms with Crippen molar-refractivity contribution in [1.82, 2.24) is 25.5 Å². The molecule has 1 saturated heterocycles. The fourth-order valence-corrected chi connectivity index (χ4v) is 5.48. The molecule has 0 bridgehead atoms. The highest BCUT2D eigenvalue weighted by molar-refractivity contribution is 5.96. The van der Waals surface area contributed by atoms with Gasteiger partial charge in [0.1, 0.15) is 5.82 Å². The molecule has 5 rings (SSSR count). The molecule has 0 radical (unpaired) electrons. The molecule has 3 fully saturated rings. The summed E-state index contributed by atoms with van der Waals surface area (Å²) in [6.45, 7) is 1.18. The minimum absolute atomic E-state index is 0.0721. The van der Waals surface area contributed by atoms with Gasteiger partial charge in [0.05, 0.1) is 17.7 Å². The smallest absolute Gasteiger partial charge is 0.385 e. The van der Waals surface area contributed by atoms with E-state index in [1.807, 2.05) is 0 Å². The van der Waals surface area contributed by atoms with E-state index in [0.29, 0.717) is 31.3 Å². The number of halogens is 3. The number of likely N-dealkylation sites (tertiary alicyclic amines) is 1. The monoisotopic (exact) mass is 531 g/mol. The molecule has 0 unspecified atom stereocenters. The molecular weight excluding hydrogens is 499 g/mol. The van der Waals surface area contributed by atoms with Crippen molar-refractivity contribution in [3.05, 3.63) is 59.2 Å². The van der Waals surface area contributed by atoms with E-state index in [1.54, 1.807) is 12.4 Å². The van der Waals surface area contributed by atoms with Crippen LogP contribution in [0.4, 0.5) is 13.2 Å². The number of nitrogens with zero attached hydrogens (tertiary/aromatic N) is 3. The van der Waals surface area contributed by atoms with Crippen molar-refractivity contribution in [2.45, 2.75) is 74.7 Å². The predicted molar refractivity (Wildman–Crippen MR) is 132 cm³/mol. The highest BCUT2D eigenvalue weighted by atomic mass is 19.4. The standard InChI is InChI=1S/C27H32F3N5O3/c28-27(29,30)19-3-1-2-18(12-19)25(37)33-15-23(36)34-21-8-11-35(16-21)22-6-9-26(38,10-7-22)20-13-31-24(32-14-20)17-4-5-17/h1-3,12-14,17,21-22,38H,4-11,15-16H2,(H,33,37)(H,34,36)/t21-,22?,26?/m1/s1. The molecular formula is C27H32F3N5O3. The van der Waals surface area contributed by atoms with E-state index in [4.69, 9.17) is 0 Å². The molecule has 3 N–H and O–H groups in total. The number of benzene rings is 1. The quantitative estimate of drug-likeness (QED) is 0.507. The average molecular weight is 532 g/mol. The summed E-state index contributed by atoms with van der Waals surface area (Å²) in [4.78, 5) is 35.9. The van der Waals surface area contributed by atoms with Gasteiger partial charge in [-0.2, -0.15) is 13.2 Å². The molecule has 3 aliphatic rings. The van der Waals surface area contributed by atoms with Crippen LogP contribution in [0.2, 0.25) is 0 Å². The SMILES string of the molecule is O=C(CNC(=O)c1cccc(C(F)(F)F)c1)N[C@@H]1CCN(C2CCC(O)(c3cnc(C4CC4)nc3)CC2)C1. The summed E-state index contributed by atoms with van der Waals surface area (Å²) in [5.41, 5.74) is -1.20. The molecule has 2 heterocycles. The second kappa shape index (κ2) is 10.6. The molecule has 204 valence electrons. The van der Waals surface area contributed by atoms with E-state index < -0.39 is 23.2 Å². The van der Waals surface area contributed by atoms with Crippen molar-refractivity contribution in [3.63, 3.8) is 0 Å². The molecule has 2 aliphatic carbocycles. The Hall–Kier alpha value is -3.05. The largest absolute Gasteiger partial charge is 0.416 e. The number of hydrogen-bond acceptors (Lipinski definition) is 6. The summed E-state index contributed by atoms with van der Waals surface area (Å²) in [6.07, 6.45) is 4.94. The molecule has 1 aromatic carbocycles. The van der Waals surface area contributed by atoms with Gasteiger partial charge in [-0.05, 0) is 63.1 Å². The van der Waals surface area contributed by atoms with Gasteiger partial charge in [0.25, 0.3) is 5.91 Å². The fraction of sp³-hybridized carbons (Fsp3) is 0.556. The highest BCUT2D eigenvalue weighted by Crippen LogP contribution is 2.41. The number of hydrogen-bond donors (Lipinski definition) is 3. The normalized spacial score (nSPS) is 26.2. The lowest BCUT2D eigenvalue weighted by molar-refractivity contribution is -0.137. The van der Waals surface area contributed by atoms with Crippen molar-refractivity contribution in [3.8, 4) is 0 Å². The summed E-state index contributed by atoms with van der Waals surface area (Å²) in [6, 6.07) is 4.34. The lowest BCUT2D eigenvalue weighted by atomic mass is 9.78. The zero-order valence-electron chi connectivity index (χ0n) is 21.0. The third kappa shape index (κ3) is 6.15. The number of rotatable bonds is 7. The Morgan fingerprint density at radius 2 is 1.79 bits per heavy atom. The number of aliphatic hydroxyl groups is 1. The lowest BCUT2D eigenvalue weighted by Gasteiger charge is -2.39. The molecule has 38 heavy (non-hydrogen) atoms. The summed E-state index contributed by atoms with van der Waals surface area (Å²) in [5.74, 6) is 0.225. The topological polar surface area (TPSA) is 107 Å². The summed E-state index contributed by atoms with van der Waals surface area (Å²) >= 11 is 0. The van der Waals surface area contributed by atoms with Gasteiger partial charge in [-0.1, -0.05) is 6.07 Å². The second-order valence-corrected chi connectivity index (χ2v) is 10.7. The van der Waals surface area contributed by atoms with Gasteiger partial charge in [0, 0.05) is 54.6 Å². The molecule has 2 aromatic rings. The number of amides is 2. The summed E-state index contributed by atoms with van der Waals surface area (Å²) in [5, 5.41) is 16.5. The van der Waals surface area contributed by atoms with Crippen molar-refractivity contribution in [2.24, 2.45) is 0 Å². The zero-order valence-corrected chi connectivity index (χ0v) is 21.0. The maximum atomic E-state index is 12.9. The van der Waals surface area contributed by atoms with Crippen LogP contribution in [0, 0.1) is 0 Å². The fourth-order valence-electron chi connectivity index (χ4n) is 5.48. The molecule has 8 nitrogen and oxygen atoms in total. The van der Waals surface area contributed by atoms with Crippen molar-refractivity contribution >= 4 is 11.8 Å². The molecule has 11 heteroatoms. The van der Waals surface area contributed by atoms with Crippen molar-refractivity contribution in [2.75, 3.05) is 19.6 Å². The molecule has 2 saturated carbocycles. The van der Waals surface area contributed by atoms with Crippen LogP contribution in [0.15, 0.2) is 36.7 Å². The number of carbonyl (C=O) groups excluding carboxylic acids is 2. The van der Waals surface area contributed by atoms with Crippen LogP contribution >= 0.6 is 0 Å². The lowest BCUT2D eigenvalue weighted by Crippen LogP contribution is -2.45. The Morgan fingerprint density at radius 3 is 2.45 bits per heavy atom. The second-order valence-electron chi connectivity index (χ2n) is 10.7. The van der Waals surface area contributed by atoms with E-state index in [-0.39, 0.29) is 24.1 Å². The van der Waals surface area contributed by atoms with Gasteiger partial charge >= 0.3 is 6.18 Å². The third-order valence-electron chi connectivity index (χ3n) is 7.90. The Labute approximate surface area is 219 Å². The van der Waals surface area contributed by atoms with Gasteiger partial charge in [-0.15, -0.1) is 0 Å². The maximum Gasteiger partial charge on any atom is 0.416 e. The first-order valence-corrected chi connectivity index (χ1v) is 13.1. The van der Waals surface area contributed by atoms with E-state index in [1.165, 1.54) is 6.07 Å². The maximum absolute atomic E-state index is 12.9. The molecule has 1 atom stereocenters. The Balaban J connectivity index is 1.05. The van der Waals surface area contributed by atoms with Crippen LogP contribution in [0.25, 0.3) is 0 Å². The first kappa shape index (κ1) is 26.6. The van der Waals surface area contributed by atoms with Crippen molar-refractivity contribution < 1.29 is 27.9 Å². The van der Waals surface area contributed by atoms with E-state index in [2.05, 4.69) is 25.5 Å². The van der Waals surface area contributed by atoms with Crippen LogP contribution in [0.5, 0.6) is 0 Å². The predicted octanol–water partition coefficient (Wildman–Crippen LogP) is 3.12. The molecule has 1 aromatic heterocycles. The third-order valence-corrected chi connectivity index (χ3v) is 7.90. The molecule has 1 aliphatic heterocycles. The van der Waals surface area contributed by atoms with Crippen molar-refractivity contribution in [1.29, 1.82) is 0 Å². The van der Waals surface area contributed by atoms with E-state index >= 15 is 0 Å². The van der Waals surface area contributed by atoms with Crippen LogP contribution in [0.1, 0.15) is 78.2 Å². The Kier molecular flexibility index (Phi) is 7.41. The van der Waals surface area contributed by atoms with Gasteiger partial charge in [-0.25, -0.2) is 9.97 Å². The van der Waals surface area contributed by atoms with Crippen LogP contribution < -0.4 is 10.6 Å². The highest BCUT2D eigenvalue weighted by Gasteiger charge is 2.39. The first-order valence-electron chi connectivity index (χ1n) is 13.1. The minimum Gasteiger partial charge on any atom is -0.385 e. The molecule has 0 spiro atoms. The number of aromatic nitrogens is 2. The molecule has 2 amide bonds. The van der Waals surface area contributed by atoms with Crippen LogP contribution in [-0.4, -0.2) is 63.5 Å². The Morgan fingerprint density at radius 1 is 1.08 bits per heavy atom. The van der Waals surface area contributed by atoms with Gasteiger partial charge in [0.15, 0.2) is 0 Å². The average Bonchev–Trinajstić information content (AvgIpc) is 3.66.